The van der Waals surface area contributed by atoms with E-state index in [9.17, 15) is 14.7 Å². The number of nitrogens with zero attached hydrogens (tertiary/aromatic N) is 3. The van der Waals surface area contributed by atoms with Crippen molar-refractivity contribution >= 4 is 22.8 Å². The quantitative estimate of drug-likeness (QED) is 0.385. The first-order valence-corrected chi connectivity index (χ1v) is 14.3. The van der Waals surface area contributed by atoms with Crippen LogP contribution < -0.4 is 0 Å². The van der Waals surface area contributed by atoms with Gasteiger partial charge in [0.2, 0.25) is 5.91 Å². The molecule has 0 radical (unpaired) electrons. The molecule has 2 fully saturated rings. The van der Waals surface area contributed by atoms with Crippen molar-refractivity contribution in [2.45, 2.75) is 63.8 Å². The first kappa shape index (κ1) is 26.5. The molecule has 1 amide bonds. The van der Waals surface area contributed by atoms with E-state index < -0.39 is 5.97 Å². The van der Waals surface area contributed by atoms with Gasteiger partial charge in [0, 0.05) is 18.5 Å². The molecule has 0 spiro atoms. The van der Waals surface area contributed by atoms with Crippen molar-refractivity contribution in [3.63, 3.8) is 0 Å². The highest BCUT2D eigenvalue weighted by Crippen LogP contribution is 2.44. The van der Waals surface area contributed by atoms with Crippen molar-refractivity contribution in [3.8, 4) is 11.3 Å². The Morgan fingerprint density at radius 2 is 1.74 bits per heavy atom. The Balaban J connectivity index is 1.57. The zero-order chi connectivity index (χ0) is 26.6. The van der Waals surface area contributed by atoms with Crippen LogP contribution in [0.5, 0.6) is 0 Å². The zero-order valence-electron chi connectivity index (χ0n) is 22.9. The Kier molecular flexibility index (Phi) is 8.18. The van der Waals surface area contributed by atoms with Gasteiger partial charge in [-0.15, -0.1) is 0 Å². The molecule has 1 N–H and O–H groups in total. The topological polar surface area (TPSA) is 65.8 Å². The molecule has 1 unspecified atom stereocenters. The van der Waals surface area contributed by atoms with Gasteiger partial charge in [0.15, 0.2) is 0 Å². The van der Waals surface area contributed by atoms with Crippen molar-refractivity contribution in [3.05, 3.63) is 59.7 Å². The van der Waals surface area contributed by atoms with Gasteiger partial charge in [0.1, 0.15) is 6.54 Å². The third kappa shape index (κ3) is 5.65. The molecule has 1 aliphatic carbocycles. The van der Waals surface area contributed by atoms with Crippen LogP contribution in [0.1, 0.15) is 73.2 Å². The highest BCUT2D eigenvalue weighted by atomic mass is 16.4. The predicted molar refractivity (Wildman–Crippen MR) is 153 cm³/mol. The molecule has 6 heteroatoms. The van der Waals surface area contributed by atoms with E-state index in [2.05, 4.69) is 35.7 Å². The first-order valence-electron chi connectivity index (χ1n) is 14.3. The number of carboxylic acids is 1. The summed E-state index contributed by atoms with van der Waals surface area (Å²) in [5, 5.41) is 10.9. The number of hydrogen-bond donors (Lipinski definition) is 1. The summed E-state index contributed by atoms with van der Waals surface area (Å²) in [5.41, 5.74) is 4.60. The highest BCUT2D eigenvalue weighted by molar-refractivity contribution is 5.99. The molecular weight excluding hydrogens is 474 g/mol. The molecule has 2 aliphatic rings. The third-order valence-corrected chi connectivity index (χ3v) is 8.56. The minimum atomic E-state index is -0.939. The summed E-state index contributed by atoms with van der Waals surface area (Å²) in [6.07, 6.45) is 9.26. The summed E-state index contributed by atoms with van der Waals surface area (Å²) in [7, 11) is 4.20. The fourth-order valence-electron chi connectivity index (χ4n) is 6.59. The second-order valence-corrected chi connectivity index (χ2v) is 11.5. The van der Waals surface area contributed by atoms with Gasteiger partial charge in [0.25, 0.3) is 0 Å². The third-order valence-electron chi connectivity index (χ3n) is 8.56. The SMILES string of the molecule is CN(C)CCC1CCCN(C(=O)Cn2c(-c3ccccc3)c(C3CCCCC3)c3ccc(C(=O)O)cc32)C1. The summed E-state index contributed by atoms with van der Waals surface area (Å²) in [5.74, 6) is 0.135. The van der Waals surface area contributed by atoms with Crippen molar-refractivity contribution in [1.82, 2.24) is 14.4 Å². The summed E-state index contributed by atoms with van der Waals surface area (Å²) in [6, 6.07) is 15.8. The predicted octanol–water partition coefficient (Wildman–Crippen LogP) is 6.24. The summed E-state index contributed by atoms with van der Waals surface area (Å²) >= 11 is 0. The number of likely N-dealkylation sites (tertiary alicyclic amines) is 1. The van der Waals surface area contributed by atoms with Crippen LogP contribution in [0.3, 0.4) is 0 Å². The van der Waals surface area contributed by atoms with Crippen LogP contribution in [-0.4, -0.2) is 65.1 Å². The van der Waals surface area contributed by atoms with Gasteiger partial charge in [-0.2, -0.15) is 0 Å². The lowest BCUT2D eigenvalue weighted by Gasteiger charge is -2.33. The van der Waals surface area contributed by atoms with Gasteiger partial charge < -0.3 is 19.5 Å². The van der Waals surface area contributed by atoms with E-state index in [-0.39, 0.29) is 18.0 Å². The van der Waals surface area contributed by atoms with E-state index in [1.165, 1.54) is 31.2 Å². The first-order chi connectivity index (χ1) is 18.4. The Morgan fingerprint density at radius 3 is 2.45 bits per heavy atom. The number of carbonyl (C=O) groups is 2. The van der Waals surface area contributed by atoms with E-state index in [1.54, 1.807) is 12.1 Å². The van der Waals surface area contributed by atoms with Crippen LogP contribution in [0.15, 0.2) is 48.5 Å². The molecule has 1 aromatic heterocycles. The minimum Gasteiger partial charge on any atom is -0.478 e. The van der Waals surface area contributed by atoms with E-state index in [1.807, 2.05) is 29.2 Å². The fourth-order valence-corrected chi connectivity index (χ4v) is 6.59. The average molecular weight is 516 g/mol. The molecule has 202 valence electrons. The van der Waals surface area contributed by atoms with Crippen molar-refractivity contribution in [2.24, 2.45) is 5.92 Å². The average Bonchev–Trinajstić information content (AvgIpc) is 3.26. The second kappa shape index (κ2) is 11.7. The van der Waals surface area contributed by atoms with Crippen LogP contribution in [0, 0.1) is 5.92 Å². The number of fused-ring (bicyclic) bond motifs is 1. The maximum absolute atomic E-state index is 13.9. The number of amides is 1. The van der Waals surface area contributed by atoms with Crippen LogP contribution in [-0.2, 0) is 11.3 Å². The summed E-state index contributed by atoms with van der Waals surface area (Å²) < 4.78 is 2.13. The number of hydrogen-bond acceptors (Lipinski definition) is 3. The van der Waals surface area contributed by atoms with Gasteiger partial charge >= 0.3 is 5.97 Å². The van der Waals surface area contributed by atoms with Gasteiger partial charge in [0.05, 0.1) is 16.8 Å². The van der Waals surface area contributed by atoms with E-state index >= 15 is 0 Å². The van der Waals surface area contributed by atoms with Crippen LogP contribution >= 0.6 is 0 Å². The zero-order valence-corrected chi connectivity index (χ0v) is 22.9. The van der Waals surface area contributed by atoms with Crippen LogP contribution in [0.4, 0.5) is 0 Å². The lowest BCUT2D eigenvalue weighted by Crippen LogP contribution is -2.42. The smallest absolute Gasteiger partial charge is 0.335 e. The molecule has 1 atom stereocenters. The molecule has 3 aromatic rings. The largest absolute Gasteiger partial charge is 0.478 e. The normalized spacial score (nSPS) is 18.8. The van der Waals surface area contributed by atoms with E-state index in [0.29, 0.717) is 11.8 Å². The lowest BCUT2D eigenvalue weighted by molar-refractivity contribution is -0.133. The van der Waals surface area contributed by atoms with E-state index in [0.717, 1.165) is 67.5 Å². The Labute approximate surface area is 226 Å². The van der Waals surface area contributed by atoms with Crippen molar-refractivity contribution in [1.29, 1.82) is 0 Å². The molecule has 2 heterocycles. The molecule has 1 aliphatic heterocycles. The minimum absolute atomic E-state index is 0.129. The second-order valence-electron chi connectivity index (χ2n) is 11.5. The van der Waals surface area contributed by atoms with Gasteiger partial charge in [-0.1, -0.05) is 55.7 Å². The van der Waals surface area contributed by atoms with Crippen LogP contribution in [0.25, 0.3) is 22.2 Å². The van der Waals surface area contributed by atoms with Crippen LogP contribution in [0.2, 0.25) is 0 Å². The molecule has 1 saturated heterocycles. The molecule has 0 bridgehead atoms. The van der Waals surface area contributed by atoms with Crippen molar-refractivity contribution in [2.75, 3.05) is 33.7 Å². The Bertz CT molecular complexity index is 1270. The number of benzene rings is 2. The number of aromatic nitrogens is 1. The molecule has 5 rings (SSSR count). The standard InChI is InChI=1S/C32H41N3O3/c1-33(2)19-17-23-10-9-18-34(21-23)29(36)22-35-28-20-26(32(37)38)15-16-27(28)30(24-11-5-3-6-12-24)31(35)25-13-7-4-8-14-25/h4,7-8,13-16,20,23-24H,3,5-6,9-12,17-19,21-22H2,1-2H3,(H,37,38). The number of carboxylic acid groups (broad SMARTS) is 1. The number of carbonyl (C=O) groups excluding carboxylic acids is 1. The number of piperidine rings is 1. The maximum atomic E-state index is 13.9. The van der Waals surface area contributed by atoms with Crippen molar-refractivity contribution < 1.29 is 14.7 Å². The summed E-state index contributed by atoms with van der Waals surface area (Å²) in [4.78, 5) is 30.1. The highest BCUT2D eigenvalue weighted by Gasteiger charge is 2.29. The lowest BCUT2D eigenvalue weighted by atomic mass is 9.82. The number of aromatic carboxylic acids is 1. The summed E-state index contributed by atoms with van der Waals surface area (Å²) in [6.45, 7) is 2.88. The fraction of sp³-hybridized carbons (Fsp3) is 0.500. The Hall–Kier alpha value is -3.12. The molecule has 1 saturated carbocycles. The van der Waals surface area contributed by atoms with Gasteiger partial charge in [-0.3, -0.25) is 4.79 Å². The molecule has 6 nitrogen and oxygen atoms in total. The molecule has 38 heavy (non-hydrogen) atoms. The monoisotopic (exact) mass is 515 g/mol. The number of rotatable bonds is 8. The molecule has 2 aromatic carbocycles. The van der Waals surface area contributed by atoms with E-state index in [4.69, 9.17) is 0 Å². The van der Waals surface area contributed by atoms with Gasteiger partial charge in [-0.25, -0.2) is 4.79 Å². The Morgan fingerprint density at radius 1 is 0.974 bits per heavy atom. The van der Waals surface area contributed by atoms with Gasteiger partial charge in [-0.05, 0) is 87.8 Å². The maximum Gasteiger partial charge on any atom is 0.335 e. The molecular formula is C32H41N3O3.